The SMILES string of the molecule is CCOc1cc(/C=N\OCc2cccc([N+](=O)[O-])c2)cc(Br)c1OCc1cccc(F)c1. The van der Waals surface area contributed by atoms with Crippen LogP contribution in [0.5, 0.6) is 11.5 Å². The third kappa shape index (κ3) is 6.52. The van der Waals surface area contributed by atoms with Crippen molar-refractivity contribution in [2.75, 3.05) is 6.61 Å². The molecule has 0 spiro atoms. The molecule has 0 saturated carbocycles. The van der Waals surface area contributed by atoms with Gasteiger partial charge >= 0.3 is 0 Å². The lowest BCUT2D eigenvalue weighted by Crippen LogP contribution is -2.02. The highest BCUT2D eigenvalue weighted by Gasteiger charge is 2.13. The molecule has 3 aromatic rings. The Morgan fingerprint density at radius 2 is 1.81 bits per heavy atom. The van der Waals surface area contributed by atoms with Crippen molar-refractivity contribution < 1.29 is 23.6 Å². The van der Waals surface area contributed by atoms with Gasteiger partial charge in [-0.3, -0.25) is 10.1 Å². The molecule has 0 aliphatic rings. The molecule has 0 N–H and O–H groups in total. The summed E-state index contributed by atoms with van der Waals surface area (Å²) in [5, 5.41) is 14.8. The summed E-state index contributed by atoms with van der Waals surface area (Å²) in [7, 11) is 0. The predicted molar refractivity (Wildman–Crippen MR) is 122 cm³/mol. The van der Waals surface area contributed by atoms with Crippen molar-refractivity contribution in [2.45, 2.75) is 20.1 Å². The van der Waals surface area contributed by atoms with E-state index in [1.54, 1.807) is 36.4 Å². The Kier molecular flexibility index (Phi) is 8.15. The number of oxime groups is 1. The number of hydrogen-bond donors (Lipinski definition) is 0. The number of hydrogen-bond acceptors (Lipinski definition) is 6. The van der Waals surface area contributed by atoms with Gasteiger partial charge in [-0.1, -0.05) is 29.4 Å². The van der Waals surface area contributed by atoms with E-state index in [0.717, 1.165) is 0 Å². The van der Waals surface area contributed by atoms with Crippen molar-refractivity contribution in [1.82, 2.24) is 0 Å². The third-order valence-corrected chi connectivity index (χ3v) is 4.82. The molecule has 0 saturated heterocycles. The Labute approximate surface area is 192 Å². The van der Waals surface area contributed by atoms with Crippen LogP contribution in [0.3, 0.4) is 0 Å². The molecule has 0 heterocycles. The molecule has 9 heteroatoms. The highest BCUT2D eigenvalue weighted by molar-refractivity contribution is 9.10. The third-order valence-electron chi connectivity index (χ3n) is 4.23. The number of ether oxygens (including phenoxy) is 2. The van der Waals surface area contributed by atoms with E-state index in [-0.39, 0.29) is 24.7 Å². The molecule has 0 aromatic heterocycles. The van der Waals surface area contributed by atoms with Gasteiger partial charge in [-0.2, -0.15) is 0 Å². The Morgan fingerprint density at radius 1 is 1.06 bits per heavy atom. The van der Waals surface area contributed by atoms with Crippen molar-refractivity contribution in [1.29, 1.82) is 0 Å². The summed E-state index contributed by atoms with van der Waals surface area (Å²) in [5.41, 5.74) is 2.01. The second-order valence-corrected chi connectivity index (χ2v) is 7.47. The number of non-ortho nitro benzene ring substituents is 1. The van der Waals surface area contributed by atoms with Crippen LogP contribution >= 0.6 is 15.9 Å². The second kappa shape index (κ2) is 11.2. The van der Waals surface area contributed by atoms with Gasteiger partial charge in [0.05, 0.1) is 22.2 Å². The molecular formula is C23H20BrFN2O5. The lowest BCUT2D eigenvalue weighted by molar-refractivity contribution is -0.384. The van der Waals surface area contributed by atoms with E-state index < -0.39 is 4.92 Å². The van der Waals surface area contributed by atoms with E-state index in [0.29, 0.717) is 39.3 Å². The van der Waals surface area contributed by atoms with Crippen molar-refractivity contribution in [3.63, 3.8) is 0 Å². The van der Waals surface area contributed by atoms with Gasteiger partial charge in [0.2, 0.25) is 0 Å². The first-order valence-electron chi connectivity index (χ1n) is 9.68. The fourth-order valence-corrected chi connectivity index (χ4v) is 3.39. The minimum Gasteiger partial charge on any atom is -0.490 e. The maximum absolute atomic E-state index is 13.4. The molecule has 0 amide bonds. The van der Waals surface area contributed by atoms with Crippen LogP contribution in [0.25, 0.3) is 0 Å². The molecule has 0 aliphatic heterocycles. The summed E-state index contributed by atoms with van der Waals surface area (Å²) in [6, 6.07) is 15.9. The Bertz CT molecular complexity index is 1120. The molecule has 0 aliphatic carbocycles. The van der Waals surface area contributed by atoms with Gasteiger partial charge in [0, 0.05) is 17.7 Å². The second-order valence-electron chi connectivity index (χ2n) is 6.62. The van der Waals surface area contributed by atoms with Crippen molar-refractivity contribution in [3.8, 4) is 11.5 Å². The Hall–Kier alpha value is -3.46. The lowest BCUT2D eigenvalue weighted by atomic mass is 10.2. The van der Waals surface area contributed by atoms with Gasteiger partial charge in [0.1, 0.15) is 19.0 Å². The van der Waals surface area contributed by atoms with E-state index in [2.05, 4.69) is 21.1 Å². The lowest BCUT2D eigenvalue weighted by Gasteiger charge is -2.14. The van der Waals surface area contributed by atoms with Gasteiger partial charge in [-0.05, 0) is 58.2 Å². The first-order valence-corrected chi connectivity index (χ1v) is 10.5. The van der Waals surface area contributed by atoms with Crippen LogP contribution in [0, 0.1) is 15.9 Å². The molecule has 7 nitrogen and oxygen atoms in total. The van der Waals surface area contributed by atoms with E-state index >= 15 is 0 Å². The zero-order chi connectivity index (χ0) is 22.9. The summed E-state index contributed by atoms with van der Waals surface area (Å²) in [6.45, 7) is 2.54. The van der Waals surface area contributed by atoms with Crippen LogP contribution in [0.1, 0.15) is 23.6 Å². The van der Waals surface area contributed by atoms with Crippen molar-refractivity contribution >= 4 is 27.8 Å². The number of benzene rings is 3. The van der Waals surface area contributed by atoms with E-state index in [4.69, 9.17) is 14.3 Å². The average molecular weight is 503 g/mol. The van der Waals surface area contributed by atoms with Crippen LogP contribution in [0.4, 0.5) is 10.1 Å². The fraction of sp³-hybridized carbons (Fsp3) is 0.174. The van der Waals surface area contributed by atoms with Gasteiger partial charge < -0.3 is 14.3 Å². The van der Waals surface area contributed by atoms with Crippen molar-refractivity contribution in [3.05, 3.63) is 97.8 Å². The van der Waals surface area contributed by atoms with Gasteiger partial charge in [-0.25, -0.2) is 4.39 Å². The molecule has 0 radical (unpaired) electrons. The molecule has 3 rings (SSSR count). The average Bonchev–Trinajstić information content (AvgIpc) is 2.76. The quantitative estimate of drug-likeness (QED) is 0.192. The fourth-order valence-electron chi connectivity index (χ4n) is 2.82. The molecule has 0 unspecified atom stereocenters. The molecule has 166 valence electrons. The minimum absolute atomic E-state index is 0.00537. The van der Waals surface area contributed by atoms with E-state index in [1.807, 2.05) is 6.92 Å². The zero-order valence-electron chi connectivity index (χ0n) is 17.2. The van der Waals surface area contributed by atoms with E-state index in [1.165, 1.54) is 30.5 Å². The van der Waals surface area contributed by atoms with Crippen LogP contribution < -0.4 is 9.47 Å². The highest BCUT2D eigenvalue weighted by Crippen LogP contribution is 2.37. The maximum Gasteiger partial charge on any atom is 0.269 e. The zero-order valence-corrected chi connectivity index (χ0v) is 18.7. The molecule has 32 heavy (non-hydrogen) atoms. The Balaban J connectivity index is 1.68. The number of nitro benzene ring substituents is 1. The van der Waals surface area contributed by atoms with E-state index in [9.17, 15) is 14.5 Å². The maximum atomic E-state index is 13.4. The monoisotopic (exact) mass is 502 g/mol. The predicted octanol–water partition coefficient (Wildman–Crippen LogP) is 6.02. The normalized spacial score (nSPS) is 10.8. The first-order chi connectivity index (χ1) is 15.5. The number of nitrogens with zero attached hydrogens (tertiary/aromatic N) is 2. The topological polar surface area (TPSA) is 83.2 Å². The summed E-state index contributed by atoms with van der Waals surface area (Å²) in [4.78, 5) is 15.7. The summed E-state index contributed by atoms with van der Waals surface area (Å²) in [5.74, 6) is 0.663. The Morgan fingerprint density at radius 3 is 2.53 bits per heavy atom. The summed E-state index contributed by atoms with van der Waals surface area (Å²) >= 11 is 3.48. The molecule has 0 atom stereocenters. The number of halogens is 2. The molecular weight excluding hydrogens is 483 g/mol. The van der Waals surface area contributed by atoms with Gasteiger partial charge in [-0.15, -0.1) is 0 Å². The number of nitro groups is 1. The molecule has 0 fully saturated rings. The summed E-state index contributed by atoms with van der Waals surface area (Å²) < 4.78 is 25.6. The molecule has 3 aromatic carbocycles. The molecule has 0 bridgehead atoms. The van der Waals surface area contributed by atoms with Gasteiger partial charge in [0.15, 0.2) is 11.5 Å². The first kappa shape index (κ1) is 23.2. The van der Waals surface area contributed by atoms with Gasteiger partial charge in [0.25, 0.3) is 5.69 Å². The van der Waals surface area contributed by atoms with Crippen LogP contribution in [0.15, 0.2) is 70.3 Å². The van der Waals surface area contributed by atoms with Crippen LogP contribution in [-0.4, -0.2) is 17.7 Å². The van der Waals surface area contributed by atoms with Crippen molar-refractivity contribution in [2.24, 2.45) is 5.16 Å². The van der Waals surface area contributed by atoms with Crippen LogP contribution in [-0.2, 0) is 18.1 Å². The minimum atomic E-state index is -0.461. The number of rotatable bonds is 10. The summed E-state index contributed by atoms with van der Waals surface area (Å²) in [6.07, 6.45) is 1.50. The highest BCUT2D eigenvalue weighted by atomic mass is 79.9. The largest absolute Gasteiger partial charge is 0.490 e. The standard InChI is InChI=1S/C23H20BrFN2O5/c1-2-30-22-12-18(13-26-32-15-17-6-4-8-20(10-17)27(28)29)11-21(24)23(22)31-14-16-5-3-7-19(25)9-16/h3-13H,2,14-15H2,1H3/b26-13-. The smallest absolute Gasteiger partial charge is 0.269 e. The van der Waals surface area contributed by atoms with Crippen LogP contribution in [0.2, 0.25) is 0 Å².